The summed E-state index contributed by atoms with van der Waals surface area (Å²) in [4.78, 5) is 4.32. The molecule has 0 bridgehead atoms. The van der Waals surface area contributed by atoms with Crippen molar-refractivity contribution in [2.45, 2.75) is 39.7 Å². The van der Waals surface area contributed by atoms with E-state index in [9.17, 15) is 0 Å². The van der Waals surface area contributed by atoms with Crippen LogP contribution in [-0.4, -0.2) is 35.8 Å². The SMILES string of the molecule is CN=C(NCCCn1ccc2ccccc21)NCC(C)c1c(C)noc1C.I. The number of nitrogens with zero attached hydrogens (tertiary/aromatic N) is 3. The number of para-hydroxylation sites is 1. The standard InChI is InChI=1S/C21H29N5O.HI/c1-15(20-16(2)25-27-17(20)3)14-24-21(22-4)23-11-7-12-26-13-10-18-8-5-6-9-19(18)26;/h5-6,8-10,13,15H,7,11-12,14H2,1-4H3,(H2,22,23,24);1H. The quantitative estimate of drug-likeness (QED) is 0.223. The molecule has 0 fully saturated rings. The van der Waals surface area contributed by atoms with Crippen LogP contribution in [0.5, 0.6) is 0 Å². The molecule has 28 heavy (non-hydrogen) atoms. The van der Waals surface area contributed by atoms with Gasteiger partial charge in [-0.25, -0.2) is 0 Å². The number of nitrogens with one attached hydrogen (secondary N) is 2. The average molecular weight is 495 g/mol. The molecule has 0 amide bonds. The van der Waals surface area contributed by atoms with E-state index in [2.05, 4.69) is 68.8 Å². The average Bonchev–Trinajstić information content (AvgIpc) is 3.24. The van der Waals surface area contributed by atoms with Gasteiger partial charge in [0.25, 0.3) is 0 Å². The Bertz CT molecular complexity index is 895. The molecular formula is C21H30IN5O. The van der Waals surface area contributed by atoms with Crippen LogP contribution in [0.3, 0.4) is 0 Å². The largest absolute Gasteiger partial charge is 0.361 e. The Balaban J connectivity index is 0.00000280. The van der Waals surface area contributed by atoms with Gasteiger partial charge in [0.1, 0.15) is 5.76 Å². The van der Waals surface area contributed by atoms with Crippen LogP contribution in [0.4, 0.5) is 0 Å². The maximum absolute atomic E-state index is 5.27. The minimum absolute atomic E-state index is 0. The van der Waals surface area contributed by atoms with Crippen LogP contribution in [0, 0.1) is 13.8 Å². The predicted molar refractivity (Wildman–Crippen MR) is 126 cm³/mol. The van der Waals surface area contributed by atoms with E-state index in [1.165, 1.54) is 16.5 Å². The lowest BCUT2D eigenvalue weighted by Crippen LogP contribution is -2.39. The molecule has 0 aliphatic heterocycles. The normalized spacial score (nSPS) is 12.6. The smallest absolute Gasteiger partial charge is 0.190 e. The molecule has 0 aliphatic rings. The lowest BCUT2D eigenvalue weighted by Gasteiger charge is -2.16. The summed E-state index contributed by atoms with van der Waals surface area (Å²) in [5.74, 6) is 2.02. The Morgan fingerprint density at radius 1 is 1.21 bits per heavy atom. The molecule has 2 aromatic heterocycles. The molecule has 0 aliphatic carbocycles. The number of halogens is 1. The van der Waals surface area contributed by atoms with Crippen molar-refractivity contribution in [1.82, 2.24) is 20.4 Å². The summed E-state index contributed by atoms with van der Waals surface area (Å²) in [5, 5.41) is 12.1. The van der Waals surface area contributed by atoms with Crippen molar-refractivity contribution in [2.75, 3.05) is 20.1 Å². The number of fused-ring (bicyclic) bond motifs is 1. The molecule has 0 saturated heterocycles. The molecular weight excluding hydrogens is 465 g/mol. The second kappa shape index (κ2) is 10.5. The van der Waals surface area contributed by atoms with Gasteiger partial charge in [0.05, 0.1) is 5.69 Å². The van der Waals surface area contributed by atoms with Crippen molar-refractivity contribution in [3.63, 3.8) is 0 Å². The zero-order valence-electron chi connectivity index (χ0n) is 17.0. The van der Waals surface area contributed by atoms with Gasteiger partial charge in [0.2, 0.25) is 0 Å². The first kappa shape index (κ1) is 22.3. The fraction of sp³-hybridized carbons (Fsp3) is 0.429. The molecule has 0 spiro atoms. The number of hydrogen-bond donors (Lipinski definition) is 2. The first-order valence-electron chi connectivity index (χ1n) is 9.51. The van der Waals surface area contributed by atoms with Gasteiger partial charge in [0, 0.05) is 49.9 Å². The summed E-state index contributed by atoms with van der Waals surface area (Å²) in [5.41, 5.74) is 3.43. The number of aryl methyl sites for hydroxylation is 3. The van der Waals surface area contributed by atoms with Crippen molar-refractivity contribution >= 4 is 40.8 Å². The van der Waals surface area contributed by atoms with Crippen LogP contribution in [0.2, 0.25) is 0 Å². The van der Waals surface area contributed by atoms with Crippen molar-refractivity contribution < 1.29 is 4.52 Å². The third-order valence-corrected chi connectivity index (χ3v) is 4.93. The summed E-state index contributed by atoms with van der Waals surface area (Å²) in [6, 6.07) is 10.6. The second-order valence-corrected chi connectivity index (χ2v) is 6.94. The highest BCUT2D eigenvalue weighted by Gasteiger charge is 2.16. The molecule has 7 heteroatoms. The lowest BCUT2D eigenvalue weighted by molar-refractivity contribution is 0.391. The van der Waals surface area contributed by atoms with Crippen LogP contribution in [0.25, 0.3) is 10.9 Å². The lowest BCUT2D eigenvalue weighted by atomic mass is 10.00. The van der Waals surface area contributed by atoms with Crippen LogP contribution in [-0.2, 0) is 6.54 Å². The maximum atomic E-state index is 5.27. The molecule has 3 aromatic rings. The Hall–Kier alpha value is -2.03. The van der Waals surface area contributed by atoms with E-state index >= 15 is 0 Å². The molecule has 0 radical (unpaired) electrons. The molecule has 0 saturated carbocycles. The van der Waals surface area contributed by atoms with E-state index in [0.717, 1.165) is 43.5 Å². The summed E-state index contributed by atoms with van der Waals surface area (Å²) in [7, 11) is 1.80. The van der Waals surface area contributed by atoms with Gasteiger partial charge in [-0.3, -0.25) is 4.99 Å². The minimum Gasteiger partial charge on any atom is -0.361 e. The van der Waals surface area contributed by atoms with Crippen molar-refractivity contribution in [1.29, 1.82) is 0 Å². The van der Waals surface area contributed by atoms with E-state index < -0.39 is 0 Å². The van der Waals surface area contributed by atoms with E-state index in [1.807, 2.05) is 13.8 Å². The topological polar surface area (TPSA) is 67.4 Å². The van der Waals surface area contributed by atoms with E-state index in [4.69, 9.17) is 4.52 Å². The third kappa shape index (κ3) is 5.27. The first-order valence-corrected chi connectivity index (χ1v) is 9.51. The fourth-order valence-corrected chi connectivity index (χ4v) is 3.56. The molecule has 1 aromatic carbocycles. The van der Waals surface area contributed by atoms with Crippen LogP contribution < -0.4 is 10.6 Å². The highest BCUT2D eigenvalue weighted by Crippen LogP contribution is 2.22. The maximum Gasteiger partial charge on any atom is 0.190 e. The Kier molecular flexibility index (Phi) is 8.35. The summed E-state index contributed by atoms with van der Waals surface area (Å²) in [6.45, 7) is 8.75. The predicted octanol–water partition coefficient (Wildman–Crippen LogP) is 4.22. The molecule has 1 atom stereocenters. The van der Waals surface area contributed by atoms with Gasteiger partial charge in [-0.05, 0) is 37.8 Å². The first-order chi connectivity index (χ1) is 13.1. The van der Waals surface area contributed by atoms with Crippen molar-refractivity contribution in [2.24, 2.45) is 4.99 Å². The molecule has 1 unspecified atom stereocenters. The minimum atomic E-state index is 0. The molecule has 3 rings (SSSR count). The second-order valence-electron chi connectivity index (χ2n) is 6.94. The van der Waals surface area contributed by atoms with Gasteiger partial charge in [0.15, 0.2) is 5.96 Å². The Labute approximate surface area is 183 Å². The van der Waals surface area contributed by atoms with Gasteiger partial charge in [-0.1, -0.05) is 30.3 Å². The summed E-state index contributed by atoms with van der Waals surface area (Å²) in [6.07, 6.45) is 3.18. The Morgan fingerprint density at radius 2 is 2.00 bits per heavy atom. The van der Waals surface area contributed by atoms with Gasteiger partial charge < -0.3 is 19.7 Å². The van der Waals surface area contributed by atoms with E-state index in [-0.39, 0.29) is 24.0 Å². The van der Waals surface area contributed by atoms with Gasteiger partial charge in [-0.2, -0.15) is 0 Å². The van der Waals surface area contributed by atoms with E-state index in [1.54, 1.807) is 7.05 Å². The number of guanidine groups is 1. The van der Waals surface area contributed by atoms with Gasteiger partial charge >= 0.3 is 0 Å². The number of aliphatic imine (C=N–C) groups is 1. The van der Waals surface area contributed by atoms with Crippen LogP contribution >= 0.6 is 24.0 Å². The summed E-state index contributed by atoms with van der Waals surface area (Å²) < 4.78 is 7.57. The van der Waals surface area contributed by atoms with Crippen LogP contribution in [0.15, 0.2) is 46.0 Å². The molecule has 152 valence electrons. The number of aromatic nitrogens is 2. The third-order valence-electron chi connectivity index (χ3n) is 4.93. The molecule has 2 N–H and O–H groups in total. The summed E-state index contributed by atoms with van der Waals surface area (Å²) >= 11 is 0. The monoisotopic (exact) mass is 495 g/mol. The number of hydrogen-bond acceptors (Lipinski definition) is 3. The van der Waals surface area contributed by atoms with Crippen LogP contribution in [0.1, 0.15) is 36.3 Å². The van der Waals surface area contributed by atoms with Gasteiger partial charge in [-0.15, -0.1) is 24.0 Å². The highest BCUT2D eigenvalue weighted by molar-refractivity contribution is 14.0. The van der Waals surface area contributed by atoms with Crippen molar-refractivity contribution in [3.8, 4) is 0 Å². The van der Waals surface area contributed by atoms with E-state index in [0.29, 0.717) is 5.92 Å². The number of benzene rings is 1. The molecule has 6 nitrogen and oxygen atoms in total. The zero-order chi connectivity index (χ0) is 19.2. The zero-order valence-corrected chi connectivity index (χ0v) is 19.4. The highest BCUT2D eigenvalue weighted by atomic mass is 127. The molecule has 2 heterocycles. The Morgan fingerprint density at radius 3 is 2.71 bits per heavy atom. The number of rotatable bonds is 7. The fourth-order valence-electron chi connectivity index (χ4n) is 3.56. The van der Waals surface area contributed by atoms with Crippen molar-refractivity contribution in [3.05, 3.63) is 53.5 Å².